The number of hydrogen-bond donors (Lipinski definition) is 1. The molecule has 0 radical (unpaired) electrons. The molecular weight excluding hydrogens is 276 g/mol. The van der Waals surface area contributed by atoms with Gasteiger partial charge in [-0.1, -0.05) is 0 Å². The molecule has 0 aliphatic carbocycles. The number of ether oxygens (including phenoxy) is 2. The van der Waals surface area contributed by atoms with E-state index in [1.54, 1.807) is 6.20 Å². The molecule has 1 unspecified atom stereocenters. The van der Waals surface area contributed by atoms with Crippen LogP contribution in [-0.2, 0) is 0 Å². The van der Waals surface area contributed by atoms with Gasteiger partial charge in [0.2, 0.25) is 6.79 Å². The standard InChI is InChI=1S/C15H17ClN2O2/c1-10(3-2-5-16)18-15-12-8-14-13(19-9-20-14)7-11(12)4-6-17-15/h4,6-8,10H,2-3,5,9H2,1H3,(H,17,18). The van der Waals surface area contributed by atoms with Crippen LogP contribution in [0.25, 0.3) is 10.8 Å². The zero-order chi connectivity index (χ0) is 13.9. The molecule has 0 amide bonds. The number of rotatable bonds is 5. The van der Waals surface area contributed by atoms with E-state index in [1.165, 1.54) is 0 Å². The highest BCUT2D eigenvalue weighted by Gasteiger charge is 2.16. The normalized spacial score (nSPS) is 14.5. The molecule has 1 aromatic carbocycles. The number of alkyl halides is 1. The van der Waals surface area contributed by atoms with Gasteiger partial charge in [0.15, 0.2) is 11.5 Å². The van der Waals surface area contributed by atoms with Gasteiger partial charge < -0.3 is 14.8 Å². The number of fused-ring (bicyclic) bond motifs is 2. The minimum Gasteiger partial charge on any atom is -0.454 e. The maximum Gasteiger partial charge on any atom is 0.231 e. The zero-order valence-electron chi connectivity index (χ0n) is 11.4. The fourth-order valence-corrected chi connectivity index (χ4v) is 2.52. The SMILES string of the molecule is CC(CCCCl)Nc1nccc2cc3c(cc12)OCO3. The van der Waals surface area contributed by atoms with Crippen LogP contribution in [0.4, 0.5) is 5.82 Å². The Bertz CT molecular complexity index is 618. The first-order valence-corrected chi connectivity index (χ1v) is 7.32. The molecule has 1 aliphatic rings. The second-order valence-electron chi connectivity index (χ2n) is 4.96. The number of benzene rings is 1. The van der Waals surface area contributed by atoms with Crippen LogP contribution < -0.4 is 14.8 Å². The largest absolute Gasteiger partial charge is 0.454 e. The molecule has 5 heteroatoms. The first-order chi connectivity index (χ1) is 9.78. The van der Waals surface area contributed by atoms with Gasteiger partial charge in [0.05, 0.1) is 0 Å². The van der Waals surface area contributed by atoms with Crippen LogP contribution in [-0.4, -0.2) is 23.7 Å². The van der Waals surface area contributed by atoms with E-state index in [1.807, 2.05) is 18.2 Å². The minimum absolute atomic E-state index is 0.286. The Balaban J connectivity index is 1.91. The molecule has 0 spiro atoms. The highest BCUT2D eigenvalue weighted by Crippen LogP contribution is 2.37. The zero-order valence-corrected chi connectivity index (χ0v) is 12.1. The van der Waals surface area contributed by atoms with E-state index in [0.29, 0.717) is 11.9 Å². The van der Waals surface area contributed by atoms with Crippen LogP contribution in [0.15, 0.2) is 24.4 Å². The quantitative estimate of drug-likeness (QED) is 0.852. The summed E-state index contributed by atoms with van der Waals surface area (Å²) in [5.41, 5.74) is 0. The molecule has 1 aliphatic heterocycles. The molecule has 0 bridgehead atoms. The van der Waals surface area contributed by atoms with Gasteiger partial charge in [0.25, 0.3) is 0 Å². The number of nitrogens with zero attached hydrogens (tertiary/aromatic N) is 1. The van der Waals surface area contributed by atoms with Crippen LogP contribution in [0.2, 0.25) is 0 Å². The molecule has 3 rings (SSSR count). The minimum atomic E-state index is 0.286. The predicted molar refractivity (Wildman–Crippen MR) is 80.9 cm³/mol. The van der Waals surface area contributed by atoms with Crippen molar-refractivity contribution < 1.29 is 9.47 Å². The van der Waals surface area contributed by atoms with Crippen molar-refractivity contribution in [1.82, 2.24) is 4.98 Å². The van der Waals surface area contributed by atoms with Gasteiger partial charge in [-0.3, -0.25) is 0 Å². The topological polar surface area (TPSA) is 43.4 Å². The van der Waals surface area contributed by atoms with Crippen molar-refractivity contribution in [3.8, 4) is 11.5 Å². The molecule has 20 heavy (non-hydrogen) atoms. The smallest absolute Gasteiger partial charge is 0.231 e. The van der Waals surface area contributed by atoms with Crippen LogP contribution >= 0.6 is 11.6 Å². The van der Waals surface area contributed by atoms with Gasteiger partial charge in [-0.05, 0) is 43.4 Å². The maximum absolute atomic E-state index is 5.73. The van der Waals surface area contributed by atoms with Gasteiger partial charge in [-0.25, -0.2) is 4.98 Å². The van der Waals surface area contributed by atoms with E-state index in [-0.39, 0.29) is 6.79 Å². The molecule has 1 atom stereocenters. The van der Waals surface area contributed by atoms with Crippen molar-refractivity contribution in [2.45, 2.75) is 25.8 Å². The number of halogens is 1. The Hall–Kier alpha value is -1.68. The lowest BCUT2D eigenvalue weighted by Gasteiger charge is -2.15. The number of hydrogen-bond acceptors (Lipinski definition) is 4. The molecule has 2 heterocycles. The maximum atomic E-state index is 5.73. The second-order valence-corrected chi connectivity index (χ2v) is 5.34. The van der Waals surface area contributed by atoms with Crippen LogP contribution in [0, 0.1) is 0 Å². The third-order valence-electron chi connectivity index (χ3n) is 3.41. The van der Waals surface area contributed by atoms with Gasteiger partial charge in [0, 0.05) is 23.5 Å². The van der Waals surface area contributed by atoms with E-state index < -0.39 is 0 Å². The predicted octanol–water partition coefficient (Wildman–Crippen LogP) is 3.78. The number of aromatic nitrogens is 1. The van der Waals surface area contributed by atoms with Gasteiger partial charge in [-0.2, -0.15) is 0 Å². The number of anilines is 1. The summed E-state index contributed by atoms with van der Waals surface area (Å²) in [6.45, 7) is 2.42. The lowest BCUT2D eigenvalue weighted by Crippen LogP contribution is -2.16. The van der Waals surface area contributed by atoms with E-state index in [0.717, 1.165) is 40.9 Å². The fourth-order valence-electron chi connectivity index (χ4n) is 2.37. The molecule has 1 N–H and O–H groups in total. The summed E-state index contributed by atoms with van der Waals surface area (Å²) in [6, 6.07) is 6.29. The molecular formula is C15H17ClN2O2. The summed E-state index contributed by atoms with van der Waals surface area (Å²) >= 11 is 5.73. The lowest BCUT2D eigenvalue weighted by molar-refractivity contribution is 0.174. The van der Waals surface area contributed by atoms with Crippen molar-refractivity contribution in [3.63, 3.8) is 0 Å². The Labute approximate surface area is 123 Å². The highest BCUT2D eigenvalue weighted by atomic mass is 35.5. The molecule has 2 aromatic rings. The van der Waals surface area contributed by atoms with Gasteiger partial charge >= 0.3 is 0 Å². The number of nitrogens with one attached hydrogen (secondary N) is 1. The summed E-state index contributed by atoms with van der Waals surface area (Å²) in [4.78, 5) is 4.44. The average molecular weight is 293 g/mol. The summed E-state index contributed by atoms with van der Waals surface area (Å²) in [6.07, 6.45) is 3.82. The van der Waals surface area contributed by atoms with Crippen LogP contribution in [0.3, 0.4) is 0 Å². The average Bonchev–Trinajstić information content (AvgIpc) is 2.90. The van der Waals surface area contributed by atoms with E-state index in [9.17, 15) is 0 Å². The molecule has 1 aromatic heterocycles. The summed E-state index contributed by atoms with van der Waals surface area (Å²) in [7, 11) is 0. The van der Waals surface area contributed by atoms with Crippen molar-refractivity contribution in [2.24, 2.45) is 0 Å². The summed E-state index contributed by atoms with van der Waals surface area (Å²) in [5, 5.41) is 5.59. The number of pyridine rings is 1. The van der Waals surface area contributed by atoms with Crippen molar-refractivity contribution >= 4 is 28.2 Å². The van der Waals surface area contributed by atoms with Crippen molar-refractivity contribution in [2.75, 3.05) is 18.0 Å². The third kappa shape index (κ3) is 2.61. The van der Waals surface area contributed by atoms with E-state index >= 15 is 0 Å². The highest BCUT2D eigenvalue weighted by molar-refractivity contribution is 6.17. The molecule has 0 saturated carbocycles. The summed E-state index contributed by atoms with van der Waals surface area (Å²) in [5.74, 6) is 3.14. The van der Waals surface area contributed by atoms with E-state index in [2.05, 4.69) is 17.2 Å². The first-order valence-electron chi connectivity index (χ1n) is 6.79. The molecule has 0 fully saturated rings. The Morgan fingerprint density at radius 1 is 1.35 bits per heavy atom. The molecule has 0 saturated heterocycles. The van der Waals surface area contributed by atoms with Crippen LogP contribution in [0.1, 0.15) is 19.8 Å². The third-order valence-corrected chi connectivity index (χ3v) is 3.68. The molecule has 106 valence electrons. The lowest BCUT2D eigenvalue weighted by atomic mass is 10.1. The fraction of sp³-hybridized carbons (Fsp3) is 0.400. The van der Waals surface area contributed by atoms with Gasteiger partial charge in [0.1, 0.15) is 5.82 Å². The van der Waals surface area contributed by atoms with Crippen molar-refractivity contribution in [1.29, 1.82) is 0 Å². The summed E-state index contributed by atoms with van der Waals surface area (Å²) < 4.78 is 10.8. The molecule has 4 nitrogen and oxygen atoms in total. The first kappa shape index (κ1) is 13.3. The van der Waals surface area contributed by atoms with Crippen molar-refractivity contribution in [3.05, 3.63) is 24.4 Å². The van der Waals surface area contributed by atoms with Gasteiger partial charge in [-0.15, -0.1) is 11.6 Å². The Morgan fingerprint density at radius 3 is 2.95 bits per heavy atom. The Morgan fingerprint density at radius 2 is 2.15 bits per heavy atom. The Kier molecular flexibility index (Phi) is 3.83. The van der Waals surface area contributed by atoms with E-state index in [4.69, 9.17) is 21.1 Å². The monoisotopic (exact) mass is 292 g/mol. The second kappa shape index (κ2) is 5.75. The van der Waals surface area contributed by atoms with Crippen LogP contribution in [0.5, 0.6) is 11.5 Å².